The predicted octanol–water partition coefficient (Wildman–Crippen LogP) is 4.29. The van der Waals surface area contributed by atoms with Crippen molar-refractivity contribution in [3.8, 4) is 0 Å². The number of hydrogen-bond donors (Lipinski definition) is 1. The maximum Gasteiger partial charge on any atom is 0.277 e. The van der Waals surface area contributed by atoms with Crippen molar-refractivity contribution < 1.29 is 18.4 Å². The van der Waals surface area contributed by atoms with Crippen molar-refractivity contribution in [2.24, 2.45) is 0 Å². The summed E-state index contributed by atoms with van der Waals surface area (Å²) in [5.41, 5.74) is 1.03. The van der Waals surface area contributed by atoms with Crippen LogP contribution >= 0.6 is 11.6 Å². The van der Waals surface area contributed by atoms with Crippen LogP contribution in [-0.4, -0.2) is 27.9 Å². The molecule has 0 aliphatic carbocycles. The Kier molecular flexibility index (Phi) is 4.79. The van der Waals surface area contributed by atoms with Gasteiger partial charge in [0.25, 0.3) is 11.8 Å². The van der Waals surface area contributed by atoms with Crippen LogP contribution in [-0.2, 0) is 0 Å². The van der Waals surface area contributed by atoms with Gasteiger partial charge >= 0.3 is 0 Å². The average Bonchev–Trinajstić information content (AvgIpc) is 3.11. The highest BCUT2D eigenvalue weighted by Gasteiger charge is 2.33. The highest BCUT2D eigenvalue weighted by atomic mass is 35.5. The summed E-state index contributed by atoms with van der Waals surface area (Å²) in [6, 6.07) is 6.62. The molecule has 0 bridgehead atoms. The molecule has 3 heterocycles. The van der Waals surface area contributed by atoms with E-state index in [0.29, 0.717) is 12.2 Å². The van der Waals surface area contributed by atoms with Crippen LogP contribution in [0.5, 0.6) is 0 Å². The molecule has 2 amide bonds. The summed E-state index contributed by atoms with van der Waals surface area (Å²) < 4.78 is 28.6. The molecular formula is C20H15ClF2N4O2. The van der Waals surface area contributed by atoms with Gasteiger partial charge in [0.15, 0.2) is 0 Å². The van der Waals surface area contributed by atoms with Crippen LogP contribution in [0.25, 0.3) is 0 Å². The van der Waals surface area contributed by atoms with Gasteiger partial charge in [0.05, 0.1) is 22.5 Å². The highest BCUT2D eigenvalue weighted by Crippen LogP contribution is 2.33. The molecule has 0 saturated carbocycles. The Morgan fingerprint density at radius 1 is 1.24 bits per heavy atom. The number of aromatic nitrogens is 2. The second kappa shape index (κ2) is 7.29. The number of carbonyl (C=O) groups is 2. The van der Waals surface area contributed by atoms with E-state index in [1.807, 2.05) is 6.92 Å². The zero-order valence-electron chi connectivity index (χ0n) is 15.2. The Morgan fingerprint density at radius 3 is 2.76 bits per heavy atom. The lowest BCUT2D eigenvalue weighted by Gasteiger charge is -2.33. The largest absolute Gasteiger partial charge is 0.337 e. The molecule has 1 aliphatic heterocycles. The quantitative estimate of drug-likeness (QED) is 0.692. The number of anilines is 2. The molecule has 148 valence electrons. The summed E-state index contributed by atoms with van der Waals surface area (Å²) in [7, 11) is 0. The van der Waals surface area contributed by atoms with E-state index in [0.717, 1.165) is 12.3 Å². The SMILES string of the molecule is C[C@H]1CN(c2ccc(F)c(Cl)c2)C(=O)c2c(NC(=O)c3cncc(F)c3)ccn21. The van der Waals surface area contributed by atoms with E-state index in [-0.39, 0.29) is 33.9 Å². The van der Waals surface area contributed by atoms with Crippen molar-refractivity contribution in [3.05, 3.63) is 76.8 Å². The fourth-order valence-electron chi connectivity index (χ4n) is 3.31. The molecular weight excluding hydrogens is 402 g/mol. The van der Waals surface area contributed by atoms with Gasteiger partial charge < -0.3 is 14.8 Å². The molecule has 1 aromatic carbocycles. The van der Waals surface area contributed by atoms with E-state index in [9.17, 15) is 18.4 Å². The molecule has 6 nitrogen and oxygen atoms in total. The molecule has 4 rings (SSSR count). The third-order valence-corrected chi connectivity index (χ3v) is 5.00. The second-order valence-electron chi connectivity index (χ2n) is 6.69. The molecule has 9 heteroatoms. The minimum atomic E-state index is -0.638. The van der Waals surface area contributed by atoms with Gasteiger partial charge in [-0.2, -0.15) is 0 Å². The Morgan fingerprint density at radius 2 is 2.03 bits per heavy atom. The molecule has 29 heavy (non-hydrogen) atoms. The second-order valence-corrected chi connectivity index (χ2v) is 7.10. The minimum absolute atomic E-state index is 0.0310. The molecule has 0 saturated heterocycles. The minimum Gasteiger partial charge on any atom is -0.337 e. The summed E-state index contributed by atoms with van der Waals surface area (Å²) in [5, 5.41) is 2.55. The lowest BCUT2D eigenvalue weighted by Crippen LogP contribution is -2.42. The van der Waals surface area contributed by atoms with E-state index >= 15 is 0 Å². The molecule has 3 aromatic rings. The van der Waals surface area contributed by atoms with Gasteiger partial charge in [-0.05, 0) is 37.3 Å². The van der Waals surface area contributed by atoms with E-state index < -0.39 is 17.5 Å². The summed E-state index contributed by atoms with van der Waals surface area (Å²) in [5.74, 6) is -2.18. The Labute approximate surface area is 169 Å². The van der Waals surface area contributed by atoms with Gasteiger partial charge in [-0.15, -0.1) is 0 Å². The molecule has 0 fully saturated rings. The Hall–Kier alpha value is -3.26. The normalized spacial score (nSPS) is 15.9. The number of halogens is 3. The molecule has 0 unspecified atom stereocenters. The van der Waals surface area contributed by atoms with Crippen LogP contribution in [0.2, 0.25) is 5.02 Å². The van der Waals surface area contributed by atoms with Crippen molar-refractivity contribution in [2.45, 2.75) is 13.0 Å². The first kappa shape index (κ1) is 19.1. The summed E-state index contributed by atoms with van der Waals surface area (Å²) >= 11 is 5.87. The number of fused-ring (bicyclic) bond motifs is 1. The number of pyridine rings is 1. The average molecular weight is 417 g/mol. The van der Waals surface area contributed by atoms with Gasteiger partial charge in [-0.1, -0.05) is 11.6 Å². The number of carbonyl (C=O) groups excluding carboxylic acids is 2. The molecule has 2 aromatic heterocycles. The third-order valence-electron chi connectivity index (χ3n) is 4.71. The van der Waals surface area contributed by atoms with Crippen molar-refractivity contribution in [2.75, 3.05) is 16.8 Å². The fraction of sp³-hybridized carbons (Fsp3) is 0.150. The zero-order valence-corrected chi connectivity index (χ0v) is 16.0. The lowest BCUT2D eigenvalue weighted by atomic mass is 10.1. The third kappa shape index (κ3) is 3.47. The predicted molar refractivity (Wildman–Crippen MR) is 104 cm³/mol. The zero-order chi connectivity index (χ0) is 20.7. The number of amides is 2. The van der Waals surface area contributed by atoms with Crippen molar-refractivity contribution in [1.29, 1.82) is 0 Å². The van der Waals surface area contributed by atoms with Crippen LogP contribution in [0.15, 0.2) is 48.9 Å². The van der Waals surface area contributed by atoms with Crippen molar-refractivity contribution in [3.63, 3.8) is 0 Å². The van der Waals surface area contributed by atoms with Crippen LogP contribution in [0.3, 0.4) is 0 Å². The van der Waals surface area contributed by atoms with E-state index in [1.165, 1.54) is 29.3 Å². The Balaban J connectivity index is 1.67. The first-order valence-electron chi connectivity index (χ1n) is 8.75. The van der Waals surface area contributed by atoms with Crippen molar-refractivity contribution in [1.82, 2.24) is 9.55 Å². The topological polar surface area (TPSA) is 67.2 Å². The van der Waals surface area contributed by atoms with E-state index in [2.05, 4.69) is 10.3 Å². The number of hydrogen-bond acceptors (Lipinski definition) is 3. The summed E-state index contributed by atoms with van der Waals surface area (Å²) in [6.45, 7) is 2.26. The number of nitrogens with one attached hydrogen (secondary N) is 1. The van der Waals surface area contributed by atoms with E-state index in [1.54, 1.807) is 16.8 Å². The summed E-state index contributed by atoms with van der Waals surface area (Å²) in [6.07, 6.45) is 3.93. The van der Waals surface area contributed by atoms with Gasteiger partial charge in [0.1, 0.15) is 17.3 Å². The highest BCUT2D eigenvalue weighted by molar-refractivity contribution is 6.31. The molecule has 0 spiro atoms. The van der Waals surface area contributed by atoms with Crippen molar-refractivity contribution >= 4 is 34.8 Å². The van der Waals surface area contributed by atoms with Crippen LogP contribution in [0.1, 0.15) is 33.8 Å². The van der Waals surface area contributed by atoms with Gasteiger partial charge in [0, 0.05) is 30.7 Å². The molecule has 0 radical (unpaired) electrons. The van der Waals surface area contributed by atoms with Crippen LogP contribution in [0, 0.1) is 11.6 Å². The smallest absolute Gasteiger partial charge is 0.277 e. The standard InChI is InChI=1S/C20H15ClF2N4O2/c1-11-10-27(14-2-3-16(23)15(21)7-14)20(29)18-17(4-5-26(11)18)25-19(28)12-6-13(22)9-24-8-12/h2-9,11H,10H2,1H3,(H,25,28)/t11-/m0/s1. The number of benzene rings is 1. The fourth-order valence-corrected chi connectivity index (χ4v) is 3.49. The lowest BCUT2D eigenvalue weighted by molar-refractivity contribution is 0.0958. The maximum absolute atomic E-state index is 13.5. The first-order chi connectivity index (χ1) is 13.8. The van der Waals surface area contributed by atoms with E-state index in [4.69, 9.17) is 11.6 Å². The van der Waals surface area contributed by atoms with Crippen LogP contribution < -0.4 is 10.2 Å². The van der Waals surface area contributed by atoms with Gasteiger partial charge in [-0.25, -0.2) is 8.78 Å². The molecule has 1 atom stereocenters. The summed E-state index contributed by atoms with van der Waals surface area (Å²) in [4.78, 5) is 30.8. The van der Waals surface area contributed by atoms with Gasteiger partial charge in [0.2, 0.25) is 0 Å². The molecule has 1 aliphatic rings. The van der Waals surface area contributed by atoms with Gasteiger partial charge in [-0.3, -0.25) is 14.6 Å². The Bertz CT molecular complexity index is 1130. The first-order valence-corrected chi connectivity index (χ1v) is 9.12. The number of rotatable bonds is 3. The number of nitrogens with zero attached hydrogens (tertiary/aromatic N) is 3. The van der Waals surface area contributed by atoms with Crippen LogP contribution in [0.4, 0.5) is 20.2 Å². The monoisotopic (exact) mass is 416 g/mol. The molecule has 1 N–H and O–H groups in total. The maximum atomic E-state index is 13.5.